The first-order chi connectivity index (χ1) is 12.3. The van der Waals surface area contributed by atoms with Crippen molar-refractivity contribution in [2.24, 2.45) is 0 Å². The zero-order valence-corrected chi connectivity index (χ0v) is 14.6. The average Bonchev–Trinajstić information content (AvgIpc) is 3.06. The number of carbonyl (C=O) groups is 1. The van der Waals surface area contributed by atoms with Gasteiger partial charge < -0.3 is 14.8 Å². The van der Waals surface area contributed by atoms with E-state index in [0.29, 0.717) is 5.69 Å². The molecule has 2 aliphatic heterocycles. The Morgan fingerprint density at radius 1 is 1.24 bits per heavy atom. The predicted molar refractivity (Wildman–Crippen MR) is 94.1 cm³/mol. The Bertz CT molecular complexity index is 818. The van der Waals surface area contributed by atoms with Crippen LogP contribution in [0, 0.1) is 0 Å². The standard InChI is InChI=1S/C18H19N3O3S/c22-17(19-12-5-6-21(8-12)13-2-3-13)14-9-25-18(20-14)11-1-4-15-16(7-11)24-10-23-15/h1,4,7,9,12-13H,2-3,5-6,8,10H2,(H,19,22). The number of amides is 1. The lowest BCUT2D eigenvalue weighted by Gasteiger charge is -2.15. The Kier molecular flexibility index (Phi) is 3.64. The highest BCUT2D eigenvalue weighted by Gasteiger charge is 2.35. The van der Waals surface area contributed by atoms with E-state index in [1.54, 1.807) is 0 Å². The minimum Gasteiger partial charge on any atom is -0.454 e. The van der Waals surface area contributed by atoms with E-state index < -0.39 is 0 Å². The molecule has 1 aliphatic carbocycles. The fraction of sp³-hybridized carbons (Fsp3) is 0.444. The first-order valence-electron chi connectivity index (χ1n) is 8.67. The van der Waals surface area contributed by atoms with E-state index in [1.165, 1.54) is 24.2 Å². The monoisotopic (exact) mass is 357 g/mol. The Hall–Kier alpha value is -2.12. The van der Waals surface area contributed by atoms with Crippen LogP contribution in [0.25, 0.3) is 10.6 Å². The third-order valence-corrected chi connectivity index (χ3v) is 5.87. The number of benzene rings is 1. The summed E-state index contributed by atoms with van der Waals surface area (Å²) in [6.07, 6.45) is 3.65. The number of aromatic nitrogens is 1. The van der Waals surface area contributed by atoms with E-state index in [9.17, 15) is 4.79 Å². The van der Waals surface area contributed by atoms with Crippen molar-refractivity contribution < 1.29 is 14.3 Å². The van der Waals surface area contributed by atoms with Crippen molar-refractivity contribution in [3.05, 3.63) is 29.3 Å². The van der Waals surface area contributed by atoms with Crippen molar-refractivity contribution in [3.63, 3.8) is 0 Å². The van der Waals surface area contributed by atoms with E-state index in [0.717, 1.165) is 47.6 Å². The highest BCUT2D eigenvalue weighted by atomic mass is 32.1. The number of rotatable bonds is 4. The molecular formula is C18H19N3O3S. The minimum atomic E-state index is -0.0779. The summed E-state index contributed by atoms with van der Waals surface area (Å²) in [5.74, 6) is 1.40. The Balaban J connectivity index is 1.27. The molecule has 5 rings (SSSR count). The minimum absolute atomic E-state index is 0.0779. The van der Waals surface area contributed by atoms with Gasteiger partial charge in [-0.1, -0.05) is 0 Å². The second-order valence-electron chi connectivity index (χ2n) is 6.79. The van der Waals surface area contributed by atoms with Gasteiger partial charge in [-0.2, -0.15) is 0 Å². The van der Waals surface area contributed by atoms with Crippen LogP contribution >= 0.6 is 11.3 Å². The van der Waals surface area contributed by atoms with Gasteiger partial charge in [0.05, 0.1) is 0 Å². The van der Waals surface area contributed by atoms with Crippen LogP contribution in [0.5, 0.6) is 11.5 Å². The van der Waals surface area contributed by atoms with Crippen molar-refractivity contribution in [2.45, 2.75) is 31.3 Å². The topological polar surface area (TPSA) is 63.7 Å². The van der Waals surface area contributed by atoms with Gasteiger partial charge in [0, 0.05) is 36.1 Å². The number of likely N-dealkylation sites (tertiary alicyclic amines) is 1. The summed E-state index contributed by atoms with van der Waals surface area (Å²) >= 11 is 1.47. The summed E-state index contributed by atoms with van der Waals surface area (Å²) in [6, 6.07) is 6.73. The van der Waals surface area contributed by atoms with Crippen LogP contribution in [0.1, 0.15) is 29.8 Å². The van der Waals surface area contributed by atoms with Crippen LogP contribution in [-0.4, -0.2) is 47.8 Å². The zero-order chi connectivity index (χ0) is 16.8. The molecular weight excluding hydrogens is 338 g/mol. The number of nitrogens with zero attached hydrogens (tertiary/aromatic N) is 2. The molecule has 2 aromatic rings. The fourth-order valence-electron chi connectivity index (χ4n) is 3.48. The van der Waals surface area contributed by atoms with Crippen LogP contribution in [0.2, 0.25) is 0 Å². The third-order valence-electron chi connectivity index (χ3n) is 4.97. The molecule has 1 N–H and O–H groups in total. The zero-order valence-electron chi connectivity index (χ0n) is 13.7. The Morgan fingerprint density at radius 2 is 2.12 bits per heavy atom. The number of hydrogen-bond donors (Lipinski definition) is 1. The van der Waals surface area contributed by atoms with E-state index in [2.05, 4.69) is 15.2 Å². The van der Waals surface area contributed by atoms with Gasteiger partial charge in [0.1, 0.15) is 10.7 Å². The molecule has 1 saturated heterocycles. The lowest BCUT2D eigenvalue weighted by atomic mass is 10.2. The molecule has 0 spiro atoms. The first-order valence-corrected chi connectivity index (χ1v) is 9.55. The average molecular weight is 357 g/mol. The normalized spacial score (nSPS) is 22.3. The van der Waals surface area contributed by atoms with Crippen molar-refractivity contribution in [3.8, 4) is 22.1 Å². The Labute approximate surface area is 149 Å². The van der Waals surface area contributed by atoms with Crippen molar-refractivity contribution in [1.82, 2.24) is 15.2 Å². The molecule has 1 unspecified atom stereocenters. The molecule has 1 saturated carbocycles. The third kappa shape index (κ3) is 2.98. The van der Waals surface area contributed by atoms with Gasteiger partial charge in [0.25, 0.3) is 5.91 Å². The molecule has 1 atom stereocenters. The predicted octanol–water partition coefficient (Wildman–Crippen LogP) is 2.51. The van der Waals surface area contributed by atoms with E-state index in [4.69, 9.17) is 9.47 Å². The van der Waals surface area contributed by atoms with E-state index in [-0.39, 0.29) is 18.7 Å². The maximum Gasteiger partial charge on any atom is 0.271 e. The number of ether oxygens (including phenoxy) is 2. The van der Waals surface area contributed by atoms with Gasteiger partial charge in [-0.3, -0.25) is 9.69 Å². The molecule has 0 radical (unpaired) electrons. The molecule has 1 amide bonds. The second kappa shape index (κ2) is 6.00. The maximum absolute atomic E-state index is 12.5. The first kappa shape index (κ1) is 15.2. The number of fused-ring (bicyclic) bond motifs is 1. The molecule has 2 fully saturated rings. The van der Waals surface area contributed by atoms with Gasteiger partial charge in [-0.05, 0) is 37.5 Å². The van der Waals surface area contributed by atoms with Crippen LogP contribution in [0.4, 0.5) is 0 Å². The molecule has 3 heterocycles. The number of thiazole rings is 1. The Morgan fingerprint density at radius 3 is 3.00 bits per heavy atom. The largest absolute Gasteiger partial charge is 0.454 e. The molecule has 130 valence electrons. The summed E-state index contributed by atoms with van der Waals surface area (Å²) in [6.45, 7) is 2.31. The summed E-state index contributed by atoms with van der Waals surface area (Å²) in [4.78, 5) is 19.5. The summed E-state index contributed by atoms with van der Waals surface area (Å²) < 4.78 is 10.7. The SMILES string of the molecule is O=C(NC1CCN(C2CC2)C1)c1csc(-c2ccc3c(c2)OCO3)n1. The van der Waals surface area contributed by atoms with Crippen molar-refractivity contribution in [1.29, 1.82) is 0 Å². The van der Waals surface area contributed by atoms with Crippen LogP contribution in [0.15, 0.2) is 23.6 Å². The molecule has 3 aliphatic rings. The number of hydrogen-bond acceptors (Lipinski definition) is 6. The van der Waals surface area contributed by atoms with E-state index >= 15 is 0 Å². The molecule has 1 aromatic heterocycles. The van der Waals surface area contributed by atoms with Gasteiger partial charge in [-0.15, -0.1) is 11.3 Å². The van der Waals surface area contributed by atoms with E-state index in [1.807, 2.05) is 23.6 Å². The van der Waals surface area contributed by atoms with Crippen LogP contribution < -0.4 is 14.8 Å². The van der Waals surface area contributed by atoms with Gasteiger partial charge in [-0.25, -0.2) is 4.98 Å². The quantitative estimate of drug-likeness (QED) is 0.911. The lowest BCUT2D eigenvalue weighted by Crippen LogP contribution is -2.37. The summed E-state index contributed by atoms with van der Waals surface area (Å²) in [7, 11) is 0. The van der Waals surface area contributed by atoms with Crippen molar-refractivity contribution >= 4 is 17.2 Å². The lowest BCUT2D eigenvalue weighted by molar-refractivity contribution is 0.0933. The van der Waals surface area contributed by atoms with Crippen molar-refractivity contribution in [2.75, 3.05) is 19.9 Å². The molecule has 25 heavy (non-hydrogen) atoms. The molecule has 0 bridgehead atoms. The van der Waals surface area contributed by atoms with Gasteiger partial charge in [0.15, 0.2) is 11.5 Å². The molecule has 1 aromatic carbocycles. The fourth-order valence-corrected chi connectivity index (χ4v) is 4.27. The van der Waals surface area contributed by atoms with Crippen LogP contribution in [-0.2, 0) is 0 Å². The maximum atomic E-state index is 12.5. The number of carbonyl (C=O) groups excluding carboxylic acids is 1. The van der Waals surface area contributed by atoms with Gasteiger partial charge >= 0.3 is 0 Å². The molecule has 7 heteroatoms. The molecule has 6 nitrogen and oxygen atoms in total. The highest BCUT2D eigenvalue weighted by Crippen LogP contribution is 2.36. The number of nitrogens with one attached hydrogen (secondary N) is 1. The highest BCUT2D eigenvalue weighted by molar-refractivity contribution is 7.13. The summed E-state index contributed by atoms with van der Waals surface area (Å²) in [5.41, 5.74) is 1.43. The van der Waals surface area contributed by atoms with Gasteiger partial charge in [0.2, 0.25) is 6.79 Å². The van der Waals surface area contributed by atoms with Crippen LogP contribution in [0.3, 0.4) is 0 Å². The summed E-state index contributed by atoms with van der Waals surface area (Å²) in [5, 5.41) is 5.77. The smallest absolute Gasteiger partial charge is 0.271 e. The second-order valence-corrected chi connectivity index (χ2v) is 7.65.